The molecule has 0 bridgehead atoms. The Morgan fingerprint density at radius 3 is 2.08 bits per heavy atom. The highest BCUT2D eigenvalue weighted by molar-refractivity contribution is 7.85. The van der Waals surface area contributed by atoms with Gasteiger partial charge in [0.05, 0.1) is 10.6 Å². The van der Waals surface area contributed by atoms with Crippen molar-refractivity contribution in [1.82, 2.24) is 5.53 Å². The first-order valence-electron chi connectivity index (χ1n) is 2.97. The van der Waals surface area contributed by atoms with Crippen molar-refractivity contribution in [2.45, 2.75) is 4.90 Å². The van der Waals surface area contributed by atoms with Crippen LogP contribution >= 0.6 is 0 Å². The van der Waals surface area contributed by atoms with Gasteiger partial charge in [-0.05, 0) is 29.8 Å². The molecule has 0 spiro atoms. The Labute approximate surface area is 69.3 Å². The molecule has 0 heterocycles. The number of nitrogens with zero attached hydrogens (tertiary/aromatic N) is 2. The van der Waals surface area contributed by atoms with Gasteiger partial charge in [-0.2, -0.15) is 8.42 Å². The minimum absolute atomic E-state index is 0.224. The van der Waals surface area contributed by atoms with Crippen molar-refractivity contribution >= 4 is 15.8 Å². The summed E-state index contributed by atoms with van der Waals surface area (Å²) in [5.41, 5.74) is 8.47. The van der Waals surface area contributed by atoms with Gasteiger partial charge in [0.2, 0.25) is 0 Å². The molecule has 0 aliphatic rings. The van der Waals surface area contributed by atoms with E-state index in [2.05, 4.69) is 5.11 Å². The number of hydrogen-bond acceptors (Lipinski definition) is 3. The Morgan fingerprint density at radius 1 is 1.25 bits per heavy atom. The summed E-state index contributed by atoms with van der Waals surface area (Å²) in [5, 5.41) is 2.82. The molecular weight excluding hydrogens is 180 g/mol. The lowest BCUT2D eigenvalue weighted by atomic mass is 10.3. The van der Waals surface area contributed by atoms with Crippen molar-refractivity contribution in [1.29, 1.82) is 0 Å². The van der Waals surface area contributed by atoms with E-state index in [1.165, 1.54) is 12.1 Å². The van der Waals surface area contributed by atoms with Crippen LogP contribution in [0.5, 0.6) is 0 Å². The fraction of sp³-hybridized carbons (Fsp3) is 0. The number of benzene rings is 1. The van der Waals surface area contributed by atoms with E-state index >= 15 is 0 Å². The van der Waals surface area contributed by atoms with Gasteiger partial charge in [-0.3, -0.25) is 4.55 Å². The molecule has 12 heavy (non-hydrogen) atoms. The molecule has 0 saturated heterocycles. The summed E-state index contributed by atoms with van der Waals surface area (Å²) in [5.74, 6) is 0. The Balaban J connectivity index is 3.17. The van der Waals surface area contributed by atoms with Crippen LogP contribution in [-0.2, 0) is 10.1 Å². The fourth-order valence-electron chi connectivity index (χ4n) is 0.685. The Hall–Kier alpha value is -1.27. The highest BCUT2D eigenvalue weighted by atomic mass is 32.2. The van der Waals surface area contributed by atoms with Crippen LogP contribution in [0.2, 0.25) is 0 Å². The average molecular weight is 185 g/mol. The summed E-state index contributed by atoms with van der Waals surface area (Å²) in [6.45, 7) is 0. The maximum atomic E-state index is 10.5. The van der Waals surface area contributed by atoms with Crippen LogP contribution in [0.3, 0.4) is 0 Å². The molecule has 1 N–H and O–H groups in total. The maximum Gasteiger partial charge on any atom is 0.294 e. The van der Waals surface area contributed by atoms with E-state index in [1.807, 2.05) is 0 Å². The van der Waals surface area contributed by atoms with Gasteiger partial charge in [0.1, 0.15) is 0 Å². The van der Waals surface area contributed by atoms with E-state index < -0.39 is 10.1 Å². The van der Waals surface area contributed by atoms with Gasteiger partial charge in [0.25, 0.3) is 10.1 Å². The largest absolute Gasteiger partial charge is 0.294 e. The normalized spacial score (nSPS) is 11.1. The van der Waals surface area contributed by atoms with Gasteiger partial charge < -0.3 is 0 Å². The van der Waals surface area contributed by atoms with Crippen LogP contribution in [-0.4, -0.2) is 13.0 Å². The lowest BCUT2D eigenvalue weighted by Crippen LogP contribution is -1.96. The quantitative estimate of drug-likeness (QED) is 0.546. The van der Waals surface area contributed by atoms with E-state index in [-0.39, 0.29) is 10.6 Å². The number of hydrogen-bond donors (Lipinski definition) is 1. The van der Waals surface area contributed by atoms with E-state index in [0.29, 0.717) is 0 Å². The third kappa shape index (κ3) is 1.86. The average Bonchev–Trinajstić information content (AvgIpc) is 2.03. The molecule has 0 amide bonds. The second-order valence-electron chi connectivity index (χ2n) is 2.07. The molecule has 0 fully saturated rings. The molecule has 0 aliphatic heterocycles. The zero-order chi connectivity index (χ0) is 9.19. The van der Waals surface area contributed by atoms with Crippen molar-refractivity contribution in [3.05, 3.63) is 24.3 Å². The van der Waals surface area contributed by atoms with E-state index in [9.17, 15) is 8.42 Å². The molecule has 0 atom stereocenters. The Bertz CT molecular complexity index is 382. The van der Waals surface area contributed by atoms with Crippen molar-refractivity contribution in [2.24, 2.45) is 5.11 Å². The summed E-state index contributed by atoms with van der Waals surface area (Å²) in [7, 11) is -4.15. The molecule has 6 heteroatoms. The third-order valence-corrected chi connectivity index (χ3v) is 2.12. The lowest BCUT2D eigenvalue weighted by molar-refractivity contribution is 0.483. The van der Waals surface area contributed by atoms with Gasteiger partial charge in [0, 0.05) is 0 Å². The highest BCUT2D eigenvalue weighted by Crippen LogP contribution is 2.14. The minimum atomic E-state index is -4.15. The van der Waals surface area contributed by atoms with Crippen molar-refractivity contribution in [2.75, 3.05) is 0 Å². The van der Waals surface area contributed by atoms with Crippen molar-refractivity contribution in [3.63, 3.8) is 0 Å². The summed E-state index contributed by atoms with van der Waals surface area (Å²) >= 11 is 0. The molecule has 0 aromatic heterocycles. The van der Waals surface area contributed by atoms with Crippen molar-refractivity contribution in [3.8, 4) is 0 Å². The Morgan fingerprint density at radius 2 is 1.75 bits per heavy atom. The second-order valence-corrected chi connectivity index (χ2v) is 3.49. The van der Waals surface area contributed by atoms with Crippen molar-refractivity contribution < 1.29 is 13.0 Å². The van der Waals surface area contributed by atoms with Gasteiger partial charge in [-0.15, -0.1) is 5.11 Å². The van der Waals surface area contributed by atoms with E-state index in [4.69, 9.17) is 10.1 Å². The van der Waals surface area contributed by atoms with Gasteiger partial charge >= 0.3 is 0 Å². The van der Waals surface area contributed by atoms with Gasteiger partial charge in [-0.25, -0.2) is 0 Å². The first kappa shape index (κ1) is 8.82. The summed E-state index contributed by atoms with van der Waals surface area (Å²) in [6, 6.07) is 4.82. The van der Waals surface area contributed by atoms with Crippen LogP contribution in [0.1, 0.15) is 0 Å². The molecule has 0 aliphatic carbocycles. The molecule has 1 rings (SSSR count). The molecule has 0 unspecified atom stereocenters. The second kappa shape index (κ2) is 3.00. The summed E-state index contributed by atoms with van der Waals surface area (Å²) in [4.78, 5) is -0.227. The molecule has 0 saturated carbocycles. The first-order chi connectivity index (χ1) is 5.54. The van der Waals surface area contributed by atoms with Crippen LogP contribution in [0, 0.1) is 0 Å². The van der Waals surface area contributed by atoms with Crippen LogP contribution < -0.4 is 5.53 Å². The predicted molar refractivity (Wildman–Crippen MR) is 40.5 cm³/mol. The summed E-state index contributed by atoms with van der Waals surface area (Å²) < 4.78 is 29.5. The predicted octanol–water partition coefficient (Wildman–Crippen LogP) is 0.817. The zero-order valence-electron chi connectivity index (χ0n) is 5.88. The third-order valence-electron chi connectivity index (χ3n) is 1.25. The lowest BCUT2D eigenvalue weighted by Gasteiger charge is -1.94. The molecular formula is C6H5N2O3S. The molecule has 5 nitrogen and oxygen atoms in total. The molecule has 1 aromatic carbocycles. The topological polar surface area (TPSA) is 89.0 Å². The minimum Gasteiger partial charge on any atom is -0.282 e. The van der Waals surface area contributed by atoms with Crippen LogP contribution in [0.25, 0.3) is 0 Å². The van der Waals surface area contributed by atoms with E-state index in [0.717, 1.165) is 12.1 Å². The molecule has 1 radical (unpaired) electrons. The first-order valence-corrected chi connectivity index (χ1v) is 4.41. The maximum absolute atomic E-state index is 10.5. The SMILES string of the molecule is [N]=Nc1ccc(S(=O)(=O)O)cc1. The smallest absolute Gasteiger partial charge is 0.282 e. The fourth-order valence-corrected chi connectivity index (χ4v) is 1.16. The standard InChI is InChI=1S/C6H5N2O3S/c7-8-5-1-3-6(4-2-5)12(9,10)11/h1-4H,(H,9,10,11). The van der Waals surface area contributed by atoms with E-state index in [1.54, 1.807) is 0 Å². The zero-order valence-corrected chi connectivity index (χ0v) is 6.69. The number of rotatable bonds is 2. The molecule has 63 valence electrons. The van der Waals surface area contributed by atoms with Gasteiger partial charge in [-0.1, -0.05) is 0 Å². The highest BCUT2D eigenvalue weighted by Gasteiger charge is 2.07. The van der Waals surface area contributed by atoms with Crippen LogP contribution in [0.4, 0.5) is 5.69 Å². The van der Waals surface area contributed by atoms with Crippen LogP contribution in [0.15, 0.2) is 34.3 Å². The summed E-state index contributed by atoms with van der Waals surface area (Å²) in [6.07, 6.45) is 0. The Kier molecular flexibility index (Phi) is 2.20. The molecule has 1 aromatic rings. The monoisotopic (exact) mass is 185 g/mol. The van der Waals surface area contributed by atoms with Gasteiger partial charge in [0.15, 0.2) is 0 Å².